The molecule has 0 unspecified atom stereocenters. The van der Waals surface area contributed by atoms with Gasteiger partial charge in [0, 0.05) is 29.7 Å². The summed E-state index contributed by atoms with van der Waals surface area (Å²) in [6.45, 7) is 0.384. The fourth-order valence-electron chi connectivity index (χ4n) is 2.49. The minimum Gasteiger partial charge on any atom is -0.507 e. The number of hydrogen-bond acceptors (Lipinski definition) is 3. The second-order valence-electron chi connectivity index (χ2n) is 6.27. The SMILES string of the molecule is CN(Cc1ccc(C(=O)NC2CC2)cc1)C(=O)c1cc(Br)ccc1O. The summed E-state index contributed by atoms with van der Waals surface area (Å²) in [6.07, 6.45) is 2.11. The van der Waals surface area contributed by atoms with E-state index in [1.807, 2.05) is 12.1 Å². The zero-order valence-electron chi connectivity index (χ0n) is 13.8. The van der Waals surface area contributed by atoms with Crippen molar-refractivity contribution < 1.29 is 14.7 Å². The maximum atomic E-state index is 12.5. The number of aromatic hydroxyl groups is 1. The van der Waals surface area contributed by atoms with E-state index in [1.54, 1.807) is 31.3 Å². The molecular formula is C19H19BrN2O3. The van der Waals surface area contributed by atoms with E-state index in [4.69, 9.17) is 0 Å². The summed E-state index contributed by atoms with van der Waals surface area (Å²) < 4.78 is 0.730. The van der Waals surface area contributed by atoms with Crippen molar-refractivity contribution in [1.82, 2.24) is 10.2 Å². The predicted octanol–water partition coefficient (Wildman–Crippen LogP) is 3.32. The van der Waals surface area contributed by atoms with Gasteiger partial charge >= 0.3 is 0 Å². The summed E-state index contributed by atoms with van der Waals surface area (Å²) in [7, 11) is 1.68. The van der Waals surface area contributed by atoms with Gasteiger partial charge in [-0.3, -0.25) is 9.59 Å². The highest BCUT2D eigenvalue weighted by Crippen LogP contribution is 2.23. The van der Waals surface area contributed by atoms with Crippen LogP contribution in [-0.4, -0.2) is 34.9 Å². The van der Waals surface area contributed by atoms with Gasteiger partial charge in [0.25, 0.3) is 11.8 Å². The summed E-state index contributed by atoms with van der Waals surface area (Å²) in [5.41, 5.74) is 1.78. The molecule has 0 aromatic heterocycles. The van der Waals surface area contributed by atoms with Crippen LogP contribution in [0.3, 0.4) is 0 Å². The number of carbonyl (C=O) groups is 2. The van der Waals surface area contributed by atoms with Crippen LogP contribution in [0.1, 0.15) is 39.1 Å². The molecule has 1 fully saturated rings. The van der Waals surface area contributed by atoms with Gasteiger partial charge in [0.15, 0.2) is 0 Å². The van der Waals surface area contributed by atoms with E-state index in [0.29, 0.717) is 18.2 Å². The minimum absolute atomic E-state index is 0.0489. The lowest BCUT2D eigenvalue weighted by atomic mass is 10.1. The summed E-state index contributed by atoms with van der Waals surface area (Å²) in [6, 6.07) is 12.3. The Morgan fingerprint density at radius 1 is 1.20 bits per heavy atom. The number of hydrogen-bond donors (Lipinski definition) is 2. The Morgan fingerprint density at radius 3 is 2.52 bits per heavy atom. The first kappa shape index (κ1) is 17.5. The van der Waals surface area contributed by atoms with Gasteiger partial charge in [0.05, 0.1) is 5.56 Å². The Hall–Kier alpha value is -2.34. The fraction of sp³-hybridized carbons (Fsp3) is 0.263. The monoisotopic (exact) mass is 402 g/mol. The molecule has 2 aromatic carbocycles. The zero-order valence-corrected chi connectivity index (χ0v) is 15.4. The largest absolute Gasteiger partial charge is 0.507 e. The molecule has 1 aliphatic carbocycles. The summed E-state index contributed by atoms with van der Waals surface area (Å²) >= 11 is 3.30. The summed E-state index contributed by atoms with van der Waals surface area (Å²) in [5, 5.41) is 12.8. The lowest BCUT2D eigenvalue weighted by Gasteiger charge is -2.18. The number of nitrogens with zero attached hydrogens (tertiary/aromatic N) is 1. The Bertz CT molecular complexity index is 801. The number of phenols is 1. The van der Waals surface area contributed by atoms with E-state index >= 15 is 0 Å². The van der Waals surface area contributed by atoms with Gasteiger partial charge in [0.2, 0.25) is 0 Å². The van der Waals surface area contributed by atoms with Crippen LogP contribution in [0, 0.1) is 0 Å². The van der Waals surface area contributed by atoms with Crippen molar-refractivity contribution in [2.45, 2.75) is 25.4 Å². The van der Waals surface area contributed by atoms with Crippen LogP contribution in [0.25, 0.3) is 0 Å². The first-order valence-electron chi connectivity index (χ1n) is 8.08. The first-order chi connectivity index (χ1) is 11.9. The molecule has 1 aliphatic rings. The highest BCUT2D eigenvalue weighted by Gasteiger charge is 2.23. The quantitative estimate of drug-likeness (QED) is 0.805. The van der Waals surface area contributed by atoms with E-state index in [2.05, 4.69) is 21.2 Å². The molecule has 1 saturated carbocycles. The molecule has 0 spiro atoms. The lowest BCUT2D eigenvalue weighted by molar-refractivity contribution is 0.0781. The molecule has 0 atom stereocenters. The smallest absolute Gasteiger partial charge is 0.257 e. The van der Waals surface area contributed by atoms with Crippen LogP contribution in [0.4, 0.5) is 0 Å². The molecule has 3 rings (SSSR count). The van der Waals surface area contributed by atoms with E-state index in [-0.39, 0.29) is 23.1 Å². The highest BCUT2D eigenvalue weighted by atomic mass is 79.9. The van der Waals surface area contributed by atoms with Crippen LogP contribution < -0.4 is 5.32 Å². The Labute approximate surface area is 154 Å². The van der Waals surface area contributed by atoms with Gasteiger partial charge < -0.3 is 15.3 Å². The number of halogens is 1. The van der Waals surface area contributed by atoms with Crippen LogP contribution in [0.2, 0.25) is 0 Å². The van der Waals surface area contributed by atoms with E-state index < -0.39 is 0 Å². The average molecular weight is 403 g/mol. The first-order valence-corrected chi connectivity index (χ1v) is 8.87. The molecule has 0 radical (unpaired) electrons. The minimum atomic E-state index is -0.269. The molecule has 25 heavy (non-hydrogen) atoms. The van der Waals surface area contributed by atoms with Crippen LogP contribution in [-0.2, 0) is 6.54 Å². The zero-order chi connectivity index (χ0) is 18.0. The Balaban J connectivity index is 1.65. The van der Waals surface area contributed by atoms with Crippen LogP contribution in [0.15, 0.2) is 46.9 Å². The molecule has 5 nitrogen and oxygen atoms in total. The van der Waals surface area contributed by atoms with Crippen molar-refractivity contribution in [1.29, 1.82) is 0 Å². The third kappa shape index (κ3) is 4.39. The number of phenolic OH excluding ortho intramolecular Hbond substituents is 1. The van der Waals surface area contributed by atoms with Crippen molar-refractivity contribution in [2.75, 3.05) is 7.05 Å². The molecule has 6 heteroatoms. The molecule has 0 heterocycles. The average Bonchev–Trinajstić information content (AvgIpc) is 3.41. The van der Waals surface area contributed by atoms with Crippen molar-refractivity contribution in [3.05, 3.63) is 63.6 Å². The lowest BCUT2D eigenvalue weighted by Crippen LogP contribution is -2.27. The van der Waals surface area contributed by atoms with Crippen molar-refractivity contribution >= 4 is 27.7 Å². The van der Waals surface area contributed by atoms with Gasteiger partial charge in [0.1, 0.15) is 5.75 Å². The molecule has 2 aromatic rings. The van der Waals surface area contributed by atoms with E-state index in [0.717, 1.165) is 22.9 Å². The van der Waals surface area contributed by atoms with Gasteiger partial charge in [-0.25, -0.2) is 0 Å². The van der Waals surface area contributed by atoms with Crippen LogP contribution >= 0.6 is 15.9 Å². The maximum Gasteiger partial charge on any atom is 0.257 e. The van der Waals surface area contributed by atoms with Crippen molar-refractivity contribution in [3.8, 4) is 5.75 Å². The van der Waals surface area contributed by atoms with E-state index in [9.17, 15) is 14.7 Å². The highest BCUT2D eigenvalue weighted by molar-refractivity contribution is 9.10. The molecule has 0 saturated heterocycles. The molecule has 2 N–H and O–H groups in total. The molecule has 0 aliphatic heterocycles. The normalized spacial score (nSPS) is 13.4. The molecule has 0 bridgehead atoms. The third-order valence-corrected chi connectivity index (χ3v) is 4.58. The second kappa shape index (κ2) is 7.27. The number of amides is 2. The Kier molecular flexibility index (Phi) is 5.08. The van der Waals surface area contributed by atoms with Gasteiger partial charge in [-0.2, -0.15) is 0 Å². The Morgan fingerprint density at radius 2 is 1.88 bits per heavy atom. The van der Waals surface area contributed by atoms with Gasteiger partial charge in [-0.05, 0) is 48.7 Å². The predicted molar refractivity (Wildman–Crippen MR) is 98.5 cm³/mol. The molecule has 2 amide bonds. The van der Waals surface area contributed by atoms with Crippen molar-refractivity contribution in [3.63, 3.8) is 0 Å². The van der Waals surface area contributed by atoms with Gasteiger partial charge in [-0.15, -0.1) is 0 Å². The van der Waals surface area contributed by atoms with Gasteiger partial charge in [-0.1, -0.05) is 28.1 Å². The summed E-state index contributed by atoms with van der Waals surface area (Å²) in [4.78, 5) is 26.0. The topological polar surface area (TPSA) is 69.6 Å². The second-order valence-corrected chi connectivity index (χ2v) is 7.18. The maximum absolute atomic E-state index is 12.5. The molecular weight excluding hydrogens is 384 g/mol. The fourth-order valence-corrected chi connectivity index (χ4v) is 2.85. The van der Waals surface area contributed by atoms with E-state index in [1.165, 1.54) is 11.0 Å². The number of nitrogens with one attached hydrogen (secondary N) is 1. The van der Waals surface area contributed by atoms with Crippen LogP contribution in [0.5, 0.6) is 5.75 Å². The third-order valence-electron chi connectivity index (χ3n) is 4.08. The number of carbonyl (C=O) groups excluding carboxylic acids is 2. The number of rotatable bonds is 5. The van der Waals surface area contributed by atoms with Crippen molar-refractivity contribution in [2.24, 2.45) is 0 Å². The number of benzene rings is 2. The summed E-state index contributed by atoms with van der Waals surface area (Å²) in [5.74, 6) is -0.376. The molecule has 130 valence electrons. The standard InChI is InChI=1S/C19H19BrN2O3/c1-22(19(25)16-10-14(20)6-9-17(16)23)11-12-2-4-13(5-3-12)18(24)21-15-7-8-15/h2-6,9-10,15,23H,7-8,11H2,1H3,(H,21,24).